The van der Waals surface area contributed by atoms with Crippen molar-refractivity contribution >= 4 is 13.0 Å². The number of rotatable bonds is 6. The van der Waals surface area contributed by atoms with Crippen molar-refractivity contribution in [2.24, 2.45) is 10.8 Å². The van der Waals surface area contributed by atoms with Crippen LogP contribution in [0.3, 0.4) is 0 Å². The van der Waals surface area contributed by atoms with Gasteiger partial charge in [0.05, 0.1) is 17.5 Å². The molecule has 3 N–H and O–H groups in total. The molecule has 1 aliphatic rings. The normalized spacial score (nSPS) is 23.6. The van der Waals surface area contributed by atoms with Crippen LogP contribution in [0.2, 0.25) is 5.31 Å². The summed E-state index contributed by atoms with van der Waals surface area (Å²) in [6.07, 6.45) is -1.22. The highest BCUT2D eigenvalue weighted by Crippen LogP contribution is 2.39. The Kier molecular flexibility index (Phi) is 6.36. The van der Waals surface area contributed by atoms with Crippen LogP contribution in [0.5, 0.6) is 0 Å². The van der Waals surface area contributed by atoms with E-state index >= 15 is 0 Å². The average molecular weight is 343 g/mol. The first-order chi connectivity index (χ1) is 10.6. The van der Waals surface area contributed by atoms with Gasteiger partial charge in [0, 0.05) is 11.7 Å². The lowest BCUT2D eigenvalue weighted by Gasteiger charge is -2.36. The van der Waals surface area contributed by atoms with E-state index in [0.29, 0.717) is 12.4 Å². The quantitative estimate of drug-likeness (QED) is 0.567. The second kappa shape index (κ2) is 7.19. The Hall–Kier alpha value is -0.825. The summed E-state index contributed by atoms with van der Waals surface area (Å²) in [5.74, 6) is 0.356. The fourth-order valence-corrected chi connectivity index (χ4v) is 2.28. The molecular formula is C16H34BN3O4. The summed E-state index contributed by atoms with van der Waals surface area (Å²) in [4.78, 5) is 0. The maximum atomic E-state index is 10.3. The molecule has 1 aliphatic heterocycles. The molecule has 1 rings (SSSR count). The van der Waals surface area contributed by atoms with E-state index in [9.17, 15) is 5.11 Å². The van der Waals surface area contributed by atoms with Crippen LogP contribution >= 0.6 is 0 Å². The van der Waals surface area contributed by atoms with Crippen LogP contribution in [0.15, 0.2) is 5.10 Å². The van der Waals surface area contributed by atoms with Crippen molar-refractivity contribution in [2.45, 2.75) is 91.3 Å². The number of hydrogen-bond donors (Lipinski definition) is 2. The van der Waals surface area contributed by atoms with Gasteiger partial charge in [-0.05, 0) is 55.4 Å². The van der Waals surface area contributed by atoms with Crippen molar-refractivity contribution < 1.29 is 19.2 Å². The first-order valence-corrected chi connectivity index (χ1v) is 8.44. The average Bonchev–Trinajstić information content (AvgIpc) is 2.62. The van der Waals surface area contributed by atoms with Gasteiger partial charge in [0.15, 0.2) is 0 Å². The van der Waals surface area contributed by atoms with Crippen molar-refractivity contribution in [1.82, 2.24) is 5.01 Å². The van der Waals surface area contributed by atoms with Gasteiger partial charge in [-0.15, -0.1) is 0 Å². The summed E-state index contributed by atoms with van der Waals surface area (Å²) in [5, 5.41) is 15.3. The molecule has 0 unspecified atom stereocenters. The minimum absolute atomic E-state index is 0.0354. The van der Waals surface area contributed by atoms with Gasteiger partial charge < -0.3 is 24.9 Å². The maximum Gasteiger partial charge on any atom is 0.473 e. The Morgan fingerprint density at radius 3 is 2.17 bits per heavy atom. The largest absolute Gasteiger partial charge is 0.473 e. The molecule has 0 aromatic carbocycles. The molecule has 0 aliphatic carbocycles. The van der Waals surface area contributed by atoms with Gasteiger partial charge in [-0.25, -0.2) is 5.01 Å². The van der Waals surface area contributed by atoms with Gasteiger partial charge >= 0.3 is 7.12 Å². The van der Waals surface area contributed by atoms with Gasteiger partial charge in [0.25, 0.3) is 6.41 Å². The summed E-state index contributed by atoms with van der Waals surface area (Å²) in [7, 11) is -0.590. The van der Waals surface area contributed by atoms with E-state index < -0.39 is 30.0 Å². The first-order valence-electron chi connectivity index (χ1n) is 8.44. The molecule has 7 nitrogen and oxygen atoms in total. The fraction of sp³-hybridized carbons (Fsp3) is 0.938. The molecule has 0 fully saturated rings. The number of hydrazone groups is 1. The third kappa shape index (κ3) is 5.91. The molecule has 0 aromatic rings. The Morgan fingerprint density at radius 1 is 1.21 bits per heavy atom. The number of ether oxygens (including phenoxy) is 1. The standard InChI is InChI=1S/C16H34BN3O4/c1-11(2)23-17(24-15(6,7)8)16(9)10-20(19-12(16)18)13(21)22-14(3,4)5/h11,13,21H,10H2,1-9H3,(H2,18,19)/t13-,16-/m1/s1. The van der Waals surface area contributed by atoms with Gasteiger partial charge in [-0.3, -0.25) is 0 Å². The highest BCUT2D eigenvalue weighted by molar-refractivity contribution is 6.55. The Bertz CT molecular complexity index is 459. The highest BCUT2D eigenvalue weighted by atomic mass is 16.6. The molecule has 0 aromatic heterocycles. The number of hydrogen-bond acceptors (Lipinski definition) is 7. The smallest absolute Gasteiger partial charge is 0.408 e. The lowest BCUT2D eigenvalue weighted by molar-refractivity contribution is -0.237. The predicted molar refractivity (Wildman–Crippen MR) is 96.4 cm³/mol. The number of nitrogens with two attached hydrogens (primary N) is 1. The van der Waals surface area contributed by atoms with Crippen LogP contribution in [0.1, 0.15) is 62.3 Å². The summed E-state index contributed by atoms with van der Waals surface area (Å²) in [6.45, 7) is 17.6. The van der Waals surface area contributed by atoms with Crippen LogP contribution < -0.4 is 5.73 Å². The minimum atomic E-state index is -1.18. The number of nitrogens with zero attached hydrogens (tertiary/aromatic N) is 2. The summed E-state index contributed by atoms with van der Waals surface area (Å²) in [5.41, 5.74) is 5.27. The SMILES string of the molecule is CC(C)OB(OC(C)(C)C)[C@]1(C)CN([C@H](O)OC(C)(C)C)N=C1N. The van der Waals surface area contributed by atoms with E-state index in [1.807, 2.05) is 62.3 Å². The fourth-order valence-electron chi connectivity index (χ4n) is 2.28. The molecule has 0 spiro atoms. The maximum absolute atomic E-state index is 10.3. The number of aliphatic hydroxyl groups is 1. The Morgan fingerprint density at radius 2 is 1.75 bits per heavy atom. The lowest BCUT2D eigenvalue weighted by Crippen LogP contribution is -2.51. The third-order valence-corrected chi connectivity index (χ3v) is 3.40. The van der Waals surface area contributed by atoms with E-state index in [0.717, 1.165) is 0 Å². The Balaban J connectivity index is 2.97. The summed E-state index contributed by atoms with van der Waals surface area (Å²) >= 11 is 0. The molecular weight excluding hydrogens is 309 g/mol. The van der Waals surface area contributed by atoms with E-state index in [2.05, 4.69) is 5.10 Å². The van der Waals surface area contributed by atoms with Crippen molar-refractivity contribution in [3.8, 4) is 0 Å². The minimum Gasteiger partial charge on any atom is -0.408 e. The number of amidine groups is 1. The molecule has 0 radical (unpaired) electrons. The Labute approximate surface area is 146 Å². The van der Waals surface area contributed by atoms with Crippen LogP contribution in [-0.2, 0) is 14.0 Å². The molecule has 2 atom stereocenters. The van der Waals surface area contributed by atoms with Crippen LogP contribution in [0.4, 0.5) is 0 Å². The van der Waals surface area contributed by atoms with Gasteiger partial charge in [0.1, 0.15) is 5.84 Å². The molecule has 1 heterocycles. The number of aliphatic hydroxyl groups excluding tert-OH is 1. The van der Waals surface area contributed by atoms with E-state index in [-0.39, 0.29) is 6.10 Å². The van der Waals surface area contributed by atoms with E-state index in [4.69, 9.17) is 19.8 Å². The van der Waals surface area contributed by atoms with E-state index in [1.54, 1.807) is 0 Å². The predicted octanol–water partition coefficient (Wildman–Crippen LogP) is 2.15. The molecule has 140 valence electrons. The van der Waals surface area contributed by atoms with Crippen molar-refractivity contribution in [3.05, 3.63) is 0 Å². The molecule has 0 saturated heterocycles. The molecule has 0 bridgehead atoms. The lowest BCUT2D eigenvalue weighted by atomic mass is 9.57. The van der Waals surface area contributed by atoms with Gasteiger partial charge in [0.2, 0.25) is 0 Å². The van der Waals surface area contributed by atoms with Crippen molar-refractivity contribution in [3.63, 3.8) is 0 Å². The molecule has 8 heteroatoms. The highest BCUT2D eigenvalue weighted by Gasteiger charge is 2.53. The molecule has 24 heavy (non-hydrogen) atoms. The zero-order chi connectivity index (χ0) is 18.9. The van der Waals surface area contributed by atoms with Crippen molar-refractivity contribution in [2.75, 3.05) is 6.54 Å². The summed E-state index contributed by atoms with van der Waals surface area (Å²) in [6, 6.07) is 0. The second-order valence-corrected chi connectivity index (χ2v) is 8.80. The van der Waals surface area contributed by atoms with E-state index in [1.165, 1.54) is 5.01 Å². The topological polar surface area (TPSA) is 89.5 Å². The molecule has 0 saturated carbocycles. The third-order valence-electron chi connectivity index (χ3n) is 3.40. The van der Waals surface area contributed by atoms with Crippen molar-refractivity contribution in [1.29, 1.82) is 0 Å². The van der Waals surface area contributed by atoms with Gasteiger partial charge in [-0.1, -0.05) is 6.92 Å². The monoisotopic (exact) mass is 343 g/mol. The van der Waals surface area contributed by atoms with Crippen LogP contribution in [0, 0.1) is 0 Å². The summed E-state index contributed by atoms with van der Waals surface area (Å²) < 4.78 is 17.6. The molecule has 0 amide bonds. The first kappa shape index (κ1) is 21.2. The van der Waals surface area contributed by atoms with Gasteiger partial charge in [-0.2, -0.15) is 5.10 Å². The second-order valence-electron chi connectivity index (χ2n) is 8.80. The van der Waals surface area contributed by atoms with Crippen LogP contribution in [-0.4, -0.2) is 53.3 Å². The zero-order valence-corrected chi connectivity index (χ0v) is 16.6. The van der Waals surface area contributed by atoms with Crippen LogP contribution in [0.25, 0.3) is 0 Å². The zero-order valence-electron chi connectivity index (χ0n) is 16.6.